The van der Waals surface area contributed by atoms with Gasteiger partial charge in [0, 0.05) is 0 Å². The van der Waals surface area contributed by atoms with Gasteiger partial charge in [0.2, 0.25) is 0 Å². The van der Waals surface area contributed by atoms with Crippen LogP contribution in [0.4, 0.5) is 0 Å². The Hall–Kier alpha value is -2.76. The third-order valence-electron chi connectivity index (χ3n) is 3.76. The minimum Gasteiger partial charge on any atom is -0.367 e. The average Bonchev–Trinajstić information content (AvgIpc) is 2.73. The summed E-state index contributed by atoms with van der Waals surface area (Å²) >= 11 is 0. The molecule has 0 fully saturated rings. The van der Waals surface area contributed by atoms with Crippen molar-refractivity contribution in [3.05, 3.63) is 96.8 Å². The van der Waals surface area contributed by atoms with E-state index in [0.717, 1.165) is 12.0 Å². The lowest BCUT2D eigenvalue weighted by molar-refractivity contribution is 0.495. The van der Waals surface area contributed by atoms with Gasteiger partial charge in [-0.1, -0.05) is 102 Å². The smallest absolute Gasteiger partial charge is 0.128 e. The van der Waals surface area contributed by atoms with Crippen molar-refractivity contribution < 1.29 is 0 Å². The topological polar surface area (TPSA) is 38.0 Å². The summed E-state index contributed by atoms with van der Waals surface area (Å²) in [6, 6.07) is 10.5. The number of hydrogen-bond donors (Lipinski definition) is 2. The molecule has 0 aliphatic carbocycles. The van der Waals surface area contributed by atoms with E-state index in [1.807, 2.05) is 62.6 Å². The van der Waals surface area contributed by atoms with Gasteiger partial charge in [0.25, 0.3) is 0 Å². The largest absolute Gasteiger partial charge is 0.367 e. The molecule has 2 nitrogen and oxygen atoms in total. The highest BCUT2D eigenvalue weighted by molar-refractivity contribution is 5.34. The molecule has 0 radical (unpaired) electrons. The van der Waals surface area contributed by atoms with Crippen molar-refractivity contribution in [2.45, 2.75) is 46.7 Å². The fraction of sp³-hybridized carbons (Fsp3) is 0.308. The summed E-state index contributed by atoms with van der Waals surface area (Å²) in [5.74, 6) is 0.358. The van der Waals surface area contributed by atoms with Crippen LogP contribution in [0.2, 0.25) is 0 Å². The van der Waals surface area contributed by atoms with Crippen molar-refractivity contribution in [3.63, 3.8) is 0 Å². The van der Waals surface area contributed by atoms with E-state index in [1.54, 1.807) is 6.08 Å². The number of nitrogens with two attached hydrogens (primary N) is 1. The summed E-state index contributed by atoms with van der Waals surface area (Å²) < 4.78 is 0. The Bertz CT molecular complexity index is 646. The van der Waals surface area contributed by atoms with Crippen LogP contribution in [0.15, 0.2) is 91.2 Å². The van der Waals surface area contributed by atoms with Crippen LogP contribution in [0.1, 0.15) is 40.2 Å². The molecular weight excluding hydrogens is 340 g/mol. The zero-order chi connectivity index (χ0) is 21.8. The van der Waals surface area contributed by atoms with Crippen LogP contribution < -0.4 is 11.1 Å². The van der Waals surface area contributed by atoms with Crippen molar-refractivity contribution in [1.29, 1.82) is 0 Å². The van der Waals surface area contributed by atoms with Crippen LogP contribution in [0.25, 0.3) is 0 Å². The number of nitrogens with one attached hydrogen (secondary N) is 1. The highest BCUT2D eigenvalue weighted by Crippen LogP contribution is 2.22. The molecule has 28 heavy (non-hydrogen) atoms. The molecule has 1 aliphatic rings. The Labute approximate surface area is 173 Å². The number of benzene rings is 1. The molecule has 2 rings (SSSR count). The third-order valence-corrected chi connectivity index (χ3v) is 3.76. The van der Waals surface area contributed by atoms with E-state index in [4.69, 9.17) is 5.73 Å². The van der Waals surface area contributed by atoms with Crippen molar-refractivity contribution in [2.24, 2.45) is 11.7 Å². The lowest BCUT2D eigenvalue weighted by atomic mass is 9.89. The van der Waals surface area contributed by atoms with Gasteiger partial charge >= 0.3 is 0 Å². The molecule has 2 heteroatoms. The minimum atomic E-state index is -0.635. The van der Waals surface area contributed by atoms with Crippen LogP contribution >= 0.6 is 0 Å². The van der Waals surface area contributed by atoms with E-state index < -0.39 is 5.66 Å². The summed E-state index contributed by atoms with van der Waals surface area (Å²) in [6.45, 7) is 14.1. The molecular formula is C26H38N2. The van der Waals surface area contributed by atoms with Crippen LogP contribution in [-0.4, -0.2) is 5.66 Å². The predicted octanol–water partition coefficient (Wildman–Crippen LogP) is 6.16. The van der Waals surface area contributed by atoms with Crippen molar-refractivity contribution in [1.82, 2.24) is 5.32 Å². The quantitative estimate of drug-likeness (QED) is 0.486. The molecule has 0 bridgehead atoms. The van der Waals surface area contributed by atoms with Gasteiger partial charge in [-0.15, -0.1) is 12.8 Å². The molecule has 1 unspecified atom stereocenters. The molecule has 0 spiro atoms. The Morgan fingerprint density at radius 1 is 1.11 bits per heavy atom. The summed E-state index contributed by atoms with van der Waals surface area (Å²) in [6.07, 6.45) is 24.5. The number of aryl methyl sites for hydroxylation is 1. The number of allylic oxidation sites excluding steroid dienone is 6. The SMILES string of the molecule is C#C.C=C/C=C(\C(C)C)C1(N)/C=C/C=C\C=C/N1.CC.CCc1ccccc1. The Kier molecular flexibility index (Phi) is 17.3. The van der Waals surface area contributed by atoms with Crippen molar-refractivity contribution in [3.8, 4) is 12.8 Å². The maximum absolute atomic E-state index is 6.36. The molecule has 3 N–H and O–H groups in total. The van der Waals surface area contributed by atoms with E-state index in [0.29, 0.717) is 5.92 Å². The molecule has 0 aromatic heterocycles. The first kappa shape index (κ1) is 27.5. The molecule has 1 heterocycles. The average molecular weight is 379 g/mol. The summed E-state index contributed by atoms with van der Waals surface area (Å²) in [5.41, 5.74) is 8.24. The maximum atomic E-state index is 6.36. The molecule has 152 valence electrons. The minimum absolute atomic E-state index is 0.358. The van der Waals surface area contributed by atoms with Gasteiger partial charge in [-0.3, -0.25) is 0 Å². The zero-order valence-electron chi connectivity index (χ0n) is 18.2. The summed E-state index contributed by atoms with van der Waals surface area (Å²) in [7, 11) is 0. The highest BCUT2D eigenvalue weighted by Gasteiger charge is 2.26. The molecule has 0 saturated carbocycles. The lowest BCUT2D eigenvalue weighted by Gasteiger charge is -2.32. The van der Waals surface area contributed by atoms with Gasteiger partial charge in [0.1, 0.15) is 5.66 Å². The van der Waals surface area contributed by atoms with Gasteiger partial charge in [-0.05, 0) is 41.8 Å². The third kappa shape index (κ3) is 11.1. The first-order valence-corrected chi connectivity index (χ1v) is 9.81. The fourth-order valence-electron chi connectivity index (χ4n) is 2.45. The van der Waals surface area contributed by atoms with Gasteiger partial charge in [0.15, 0.2) is 0 Å². The van der Waals surface area contributed by atoms with Gasteiger partial charge < -0.3 is 11.1 Å². The molecule has 1 aromatic carbocycles. The fourth-order valence-corrected chi connectivity index (χ4v) is 2.45. The van der Waals surface area contributed by atoms with Crippen LogP contribution in [0, 0.1) is 18.8 Å². The van der Waals surface area contributed by atoms with E-state index in [9.17, 15) is 0 Å². The van der Waals surface area contributed by atoms with Crippen LogP contribution in [-0.2, 0) is 6.42 Å². The molecule has 0 amide bonds. The number of terminal acetylenes is 1. The molecule has 0 saturated heterocycles. The number of hydrogen-bond acceptors (Lipinski definition) is 2. The Morgan fingerprint density at radius 3 is 2.14 bits per heavy atom. The molecule has 1 atom stereocenters. The second kappa shape index (κ2) is 17.6. The first-order valence-electron chi connectivity index (χ1n) is 9.81. The van der Waals surface area contributed by atoms with E-state index in [-0.39, 0.29) is 0 Å². The van der Waals surface area contributed by atoms with Crippen molar-refractivity contribution >= 4 is 0 Å². The zero-order valence-corrected chi connectivity index (χ0v) is 18.2. The first-order chi connectivity index (χ1) is 13.5. The standard InChI is InChI=1S/C14H20N2.C8H10.C2H6.C2H2/c1-4-9-13(12(2)3)14(15)10-7-5-6-8-11-16-14;1-2-8-6-4-3-5-7-8;2*1-2/h4-12,16H,1,15H2,2-3H3;3-7H,2H2,1H3;1-2H3;1-2H/b6-5-,10-7+,11-8-,13-9+;;;. The summed E-state index contributed by atoms with van der Waals surface area (Å²) in [5, 5.41) is 3.21. The number of rotatable bonds is 4. The Morgan fingerprint density at radius 2 is 1.68 bits per heavy atom. The monoisotopic (exact) mass is 378 g/mol. The van der Waals surface area contributed by atoms with Gasteiger partial charge in [-0.25, -0.2) is 0 Å². The Balaban J connectivity index is 0. The van der Waals surface area contributed by atoms with E-state index >= 15 is 0 Å². The predicted molar refractivity (Wildman–Crippen MR) is 128 cm³/mol. The normalized spacial score (nSPS) is 20.7. The maximum Gasteiger partial charge on any atom is 0.128 e. The second-order valence-corrected chi connectivity index (χ2v) is 5.97. The van der Waals surface area contributed by atoms with Gasteiger partial charge in [0.05, 0.1) is 0 Å². The molecule has 1 aliphatic heterocycles. The van der Waals surface area contributed by atoms with Gasteiger partial charge in [-0.2, -0.15) is 0 Å². The lowest BCUT2D eigenvalue weighted by Crippen LogP contribution is -2.52. The molecule has 1 aromatic rings. The second-order valence-electron chi connectivity index (χ2n) is 5.97. The van der Waals surface area contributed by atoms with Crippen molar-refractivity contribution in [2.75, 3.05) is 0 Å². The highest BCUT2D eigenvalue weighted by atomic mass is 15.1. The summed E-state index contributed by atoms with van der Waals surface area (Å²) in [4.78, 5) is 0. The van der Waals surface area contributed by atoms with E-state index in [2.05, 4.69) is 69.8 Å². The van der Waals surface area contributed by atoms with Crippen LogP contribution in [0.3, 0.4) is 0 Å². The van der Waals surface area contributed by atoms with E-state index in [1.165, 1.54) is 5.56 Å². The van der Waals surface area contributed by atoms with Crippen LogP contribution in [0.5, 0.6) is 0 Å².